The van der Waals surface area contributed by atoms with E-state index in [1.165, 1.54) is 12.1 Å². The quantitative estimate of drug-likeness (QED) is 0.691. The summed E-state index contributed by atoms with van der Waals surface area (Å²) >= 11 is 0. The van der Waals surface area contributed by atoms with E-state index in [9.17, 15) is 9.18 Å². The Hall–Kier alpha value is -2.66. The molecule has 27 heavy (non-hydrogen) atoms. The Morgan fingerprint density at radius 2 is 1.85 bits per heavy atom. The number of amides is 1. The maximum absolute atomic E-state index is 13.3. The SMILES string of the molecule is Cc1ccc2oc(C(=O)NC(CCN(C)C)c3ccc(F)cc3)c(C)c2c1. The van der Waals surface area contributed by atoms with E-state index >= 15 is 0 Å². The molecule has 0 bridgehead atoms. The Morgan fingerprint density at radius 3 is 2.52 bits per heavy atom. The molecule has 4 nitrogen and oxygen atoms in total. The summed E-state index contributed by atoms with van der Waals surface area (Å²) in [7, 11) is 3.96. The molecule has 0 fully saturated rings. The second-order valence-corrected chi connectivity index (χ2v) is 7.23. The lowest BCUT2D eigenvalue weighted by Gasteiger charge is -2.21. The molecule has 1 heterocycles. The highest BCUT2D eigenvalue weighted by molar-refractivity contribution is 5.99. The number of halogens is 1. The van der Waals surface area contributed by atoms with Gasteiger partial charge in [-0.25, -0.2) is 4.39 Å². The fraction of sp³-hybridized carbons (Fsp3) is 0.318. The van der Waals surface area contributed by atoms with Gasteiger partial charge in [0.1, 0.15) is 11.4 Å². The van der Waals surface area contributed by atoms with Crippen molar-refractivity contribution in [2.75, 3.05) is 20.6 Å². The maximum atomic E-state index is 13.3. The lowest BCUT2D eigenvalue weighted by molar-refractivity contribution is 0.0906. The van der Waals surface area contributed by atoms with Crippen LogP contribution in [0, 0.1) is 19.7 Å². The highest BCUT2D eigenvalue weighted by Gasteiger charge is 2.22. The van der Waals surface area contributed by atoms with Crippen molar-refractivity contribution in [2.45, 2.75) is 26.3 Å². The van der Waals surface area contributed by atoms with E-state index in [2.05, 4.69) is 10.2 Å². The van der Waals surface area contributed by atoms with E-state index in [0.29, 0.717) is 17.8 Å². The molecule has 0 saturated carbocycles. The van der Waals surface area contributed by atoms with Gasteiger partial charge in [-0.15, -0.1) is 0 Å². The van der Waals surface area contributed by atoms with Crippen molar-refractivity contribution < 1.29 is 13.6 Å². The first-order valence-corrected chi connectivity index (χ1v) is 9.06. The third-order valence-electron chi connectivity index (χ3n) is 4.74. The summed E-state index contributed by atoms with van der Waals surface area (Å²) in [6, 6.07) is 11.9. The lowest BCUT2D eigenvalue weighted by Crippen LogP contribution is -2.31. The molecule has 3 aromatic rings. The Balaban J connectivity index is 1.87. The molecule has 0 radical (unpaired) electrons. The van der Waals surface area contributed by atoms with E-state index in [-0.39, 0.29) is 17.8 Å². The van der Waals surface area contributed by atoms with Crippen LogP contribution in [0.1, 0.15) is 39.7 Å². The molecule has 0 saturated heterocycles. The van der Waals surface area contributed by atoms with Gasteiger partial charge in [-0.1, -0.05) is 23.8 Å². The zero-order valence-corrected chi connectivity index (χ0v) is 16.2. The van der Waals surface area contributed by atoms with Crippen LogP contribution in [0.25, 0.3) is 11.0 Å². The topological polar surface area (TPSA) is 45.5 Å². The maximum Gasteiger partial charge on any atom is 0.287 e. The summed E-state index contributed by atoms with van der Waals surface area (Å²) in [6.45, 7) is 4.70. The van der Waals surface area contributed by atoms with E-state index < -0.39 is 0 Å². The summed E-state index contributed by atoms with van der Waals surface area (Å²) < 4.78 is 19.1. The van der Waals surface area contributed by atoms with Crippen LogP contribution in [-0.2, 0) is 0 Å². The Labute approximate surface area is 159 Å². The van der Waals surface area contributed by atoms with Gasteiger partial charge >= 0.3 is 0 Å². The van der Waals surface area contributed by atoms with Crippen molar-refractivity contribution in [1.82, 2.24) is 10.2 Å². The van der Waals surface area contributed by atoms with E-state index in [0.717, 1.165) is 28.6 Å². The Kier molecular flexibility index (Phi) is 5.61. The molecule has 1 atom stereocenters. The first-order chi connectivity index (χ1) is 12.8. The number of hydrogen-bond donors (Lipinski definition) is 1. The smallest absolute Gasteiger partial charge is 0.287 e. The Morgan fingerprint density at radius 1 is 1.15 bits per heavy atom. The van der Waals surface area contributed by atoms with Crippen molar-refractivity contribution in [3.63, 3.8) is 0 Å². The molecule has 0 spiro atoms. The number of fused-ring (bicyclic) bond motifs is 1. The number of furan rings is 1. The van der Waals surface area contributed by atoms with Gasteiger partial charge in [-0.3, -0.25) is 4.79 Å². The molecule has 0 aliphatic rings. The summed E-state index contributed by atoms with van der Waals surface area (Å²) in [4.78, 5) is 15.0. The monoisotopic (exact) mass is 368 g/mol. The normalized spacial score (nSPS) is 12.5. The standard InChI is InChI=1S/C22H25FN2O2/c1-14-5-10-20-18(13-14)15(2)21(27-20)22(26)24-19(11-12-25(3)4)16-6-8-17(23)9-7-16/h5-10,13,19H,11-12H2,1-4H3,(H,24,26). The molecule has 1 unspecified atom stereocenters. The molecular weight excluding hydrogens is 343 g/mol. The van der Waals surface area contributed by atoms with E-state index in [1.54, 1.807) is 12.1 Å². The van der Waals surface area contributed by atoms with Crippen LogP contribution >= 0.6 is 0 Å². The first kappa shape index (κ1) is 19.1. The number of carbonyl (C=O) groups is 1. The first-order valence-electron chi connectivity index (χ1n) is 9.06. The summed E-state index contributed by atoms with van der Waals surface area (Å²) in [6.07, 6.45) is 0.711. The number of nitrogens with one attached hydrogen (secondary N) is 1. The Bertz CT molecular complexity index is 945. The third kappa shape index (κ3) is 4.37. The van der Waals surface area contributed by atoms with Crippen LogP contribution < -0.4 is 5.32 Å². The molecule has 2 aromatic carbocycles. The summed E-state index contributed by atoms with van der Waals surface area (Å²) in [5.74, 6) is -0.220. The van der Waals surface area contributed by atoms with Gasteiger partial charge in [-0.05, 0) is 70.7 Å². The predicted molar refractivity (Wildman–Crippen MR) is 105 cm³/mol. The van der Waals surface area contributed by atoms with E-state index in [1.807, 2.05) is 46.1 Å². The van der Waals surface area contributed by atoms with Crippen molar-refractivity contribution in [2.24, 2.45) is 0 Å². The van der Waals surface area contributed by atoms with Gasteiger partial charge in [0.2, 0.25) is 0 Å². The fourth-order valence-electron chi connectivity index (χ4n) is 3.18. The van der Waals surface area contributed by atoms with Crippen molar-refractivity contribution >= 4 is 16.9 Å². The molecule has 5 heteroatoms. The van der Waals surface area contributed by atoms with Crippen LogP contribution in [0.15, 0.2) is 46.9 Å². The third-order valence-corrected chi connectivity index (χ3v) is 4.74. The van der Waals surface area contributed by atoms with Crippen molar-refractivity contribution in [3.8, 4) is 0 Å². The zero-order chi connectivity index (χ0) is 19.6. The second-order valence-electron chi connectivity index (χ2n) is 7.23. The predicted octanol–water partition coefficient (Wildman–Crippen LogP) is 4.61. The van der Waals surface area contributed by atoms with Gasteiger partial charge < -0.3 is 14.6 Å². The molecular formula is C22H25FN2O2. The highest BCUT2D eigenvalue weighted by Crippen LogP contribution is 2.27. The summed E-state index contributed by atoms with van der Waals surface area (Å²) in [5, 5.41) is 4.01. The number of rotatable bonds is 6. The van der Waals surface area contributed by atoms with Crippen LogP contribution in [0.2, 0.25) is 0 Å². The minimum atomic E-state index is -0.292. The van der Waals surface area contributed by atoms with Crippen molar-refractivity contribution in [1.29, 1.82) is 0 Å². The largest absolute Gasteiger partial charge is 0.451 e. The zero-order valence-electron chi connectivity index (χ0n) is 16.2. The van der Waals surface area contributed by atoms with Gasteiger partial charge in [0.15, 0.2) is 5.76 Å². The molecule has 1 amide bonds. The lowest BCUT2D eigenvalue weighted by atomic mass is 10.0. The molecule has 1 N–H and O–H groups in total. The minimum absolute atomic E-state index is 0.227. The van der Waals surface area contributed by atoms with Crippen LogP contribution in [0.4, 0.5) is 4.39 Å². The number of aryl methyl sites for hydroxylation is 2. The molecule has 0 aliphatic carbocycles. The average molecular weight is 368 g/mol. The summed E-state index contributed by atoms with van der Waals surface area (Å²) in [5.41, 5.74) is 3.52. The van der Waals surface area contributed by atoms with Crippen molar-refractivity contribution in [3.05, 3.63) is 70.7 Å². The van der Waals surface area contributed by atoms with Crippen LogP contribution in [-0.4, -0.2) is 31.4 Å². The van der Waals surface area contributed by atoms with Gasteiger partial charge in [0, 0.05) is 10.9 Å². The van der Waals surface area contributed by atoms with E-state index in [4.69, 9.17) is 4.42 Å². The number of carbonyl (C=O) groups excluding carboxylic acids is 1. The van der Waals surface area contributed by atoms with Gasteiger partial charge in [0.05, 0.1) is 6.04 Å². The number of benzene rings is 2. The van der Waals surface area contributed by atoms with Crippen LogP contribution in [0.5, 0.6) is 0 Å². The fourth-order valence-corrected chi connectivity index (χ4v) is 3.18. The molecule has 1 aromatic heterocycles. The molecule has 0 aliphatic heterocycles. The van der Waals surface area contributed by atoms with Gasteiger partial charge in [0.25, 0.3) is 5.91 Å². The minimum Gasteiger partial charge on any atom is -0.451 e. The molecule has 142 valence electrons. The number of hydrogen-bond acceptors (Lipinski definition) is 3. The van der Waals surface area contributed by atoms with Crippen LogP contribution in [0.3, 0.4) is 0 Å². The molecule has 3 rings (SSSR count). The van der Waals surface area contributed by atoms with Gasteiger partial charge in [-0.2, -0.15) is 0 Å². The second kappa shape index (κ2) is 7.92. The number of nitrogens with zero attached hydrogens (tertiary/aromatic N) is 1. The highest BCUT2D eigenvalue weighted by atomic mass is 19.1. The average Bonchev–Trinajstić information content (AvgIpc) is 2.95.